The normalized spacial score (nSPS) is 15.9. The topological polar surface area (TPSA) is 71.3 Å². The lowest BCUT2D eigenvalue weighted by molar-refractivity contribution is 0.203. The van der Waals surface area contributed by atoms with Gasteiger partial charge in [0.2, 0.25) is 5.82 Å². The molecule has 0 aliphatic carbocycles. The Morgan fingerprint density at radius 3 is 2.47 bits per heavy atom. The summed E-state index contributed by atoms with van der Waals surface area (Å²) in [6.45, 7) is 8.43. The van der Waals surface area contributed by atoms with Crippen molar-refractivity contribution in [3.8, 4) is 11.4 Å². The van der Waals surface area contributed by atoms with E-state index in [1.165, 1.54) is 17.7 Å². The number of benzene rings is 3. The van der Waals surface area contributed by atoms with E-state index in [2.05, 4.69) is 34.5 Å². The standard InChI is InChI=1S/C29H27FN4O2/c1-17-6-5-7-21(14-17)16-34-20(4)25(26(31-29(34)35)23-9-8-18(2)19(3)15-23)28-32-27(33-36-28)22-10-12-24(30)13-11-22/h5-15,26H,16H2,1-4H3,(H,31,35). The molecule has 36 heavy (non-hydrogen) atoms. The predicted molar refractivity (Wildman–Crippen MR) is 136 cm³/mol. The van der Waals surface area contributed by atoms with Crippen molar-refractivity contribution >= 4 is 11.6 Å². The number of hydrogen-bond acceptors (Lipinski definition) is 4. The van der Waals surface area contributed by atoms with Gasteiger partial charge in [0, 0.05) is 11.3 Å². The predicted octanol–water partition coefficient (Wildman–Crippen LogP) is 6.50. The van der Waals surface area contributed by atoms with Gasteiger partial charge in [-0.25, -0.2) is 9.18 Å². The lowest BCUT2D eigenvalue weighted by Crippen LogP contribution is -2.45. The molecule has 2 amide bonds. The van der Waals surface area contributed by atoms with E-state index < -0.39 is 6.04 Å². The van der Waals surface area contributed by atoms with Gasteiger partial charge in [0.1, 0.15) is 5.82 Å². The first-order valence-corrected chi connectivity index (χ1v) is 11.8. The van der Waals surface area contributed by atoms with E-state index in [0.717, 1.165) is 33.5 Å². The van der Waals surface area contributed by atoms with Crippen LogP contribution in [0.15, 0.2) is 77.0 Å². The third-order valence-electron chi connectivity index (χ3n) is 6.64. The summed E-state index contributed by atoms with van der Waals surface area (Å²) in [4.78, 5) is 19.7. The molecule has 3 aromatic carbocycles. The molecule has 7 heteroatoms. The van der Waals surface area contributed by atoms with Crippen molar-refractivity contribution in [3.63, 3.8) is 0 Å². The number of aromatic nitrogens is 2. The van der Waals surface area contributed by atoms with Gasteiger partial charge in [0.25, 0.3) is 5.89 Å². The summed E-state index contributed by atoms with van der Waals surface area (Å²) < 4.78 is 19.1. The van der Waals surface area contributed by atoms with Crippen molar-refractivity contribution in [2.24, 2.45) is 0 Å². The molecule has 0 radical (unpaired) electrons. The number of carbonyl (C=O) groups is 1. The van der Waals surface area contributed by atoms with E-state index >= 15 is 0 Å². The van der Waals surface area contributed by atoms with Gasteiger partial charge in [0.15, 0.2) is 0 Å². The molecular formula is C29H27FN4O2. The molecule has 0 spiro atoms. The van der Waals surface area contributed by atoms with Gasteiger partial charge in [-0.3, -0.25) is 4.90 Å². The summed E-state index contributed by atoms with van der Waals surface area (Å²) in [7, 11) is 0. The third-order valence-corrected chi connectivity index (χ3v) is 6.64. The molecule has 2 heterocycles. The van der Waals surface area contributed by atoms with Gasteiger partial charge in [-0.2, -0.15) is 4.98 Å². The summed E-state index contributed by atoms with van der Waals surface area (Å²) in [5, 5.41) is 7.30. The number of hydrogen-bond donors (Lipinski definition) is 1. The molecule has 1 aliphatic rings. The molecule has 4 aromatic rings. The number of aryl methyl sites for hydroxylation is 3. The van der Waals surface area contributed by atoms with Crippen LogP contribution in [0.2, 0.25) is 0 Å². The van der Waals surface area contributed by atoms with Gasteiger partial charge in [-0.15, -0.1) is 0 Å². The van der Waals surface area contributed by atoms with E-state index in [1.807, 2.05) is 51.1 Å². The van der Waals surface area contributed by atoms with Gasteiger partial charge in [0.05, 0.1) is 18.2 Å². The van der Waals surface area contributed by atoms with Crippen molar-refractivity contribution < 1.29 is 13.7 Å². The Labute approximate surface area is 209 Å². The highest BCUT2D eigenvalue weighted by Gasteiger charge is 2.36. The summed E-state index contributed by atoms with van der Waals surface area (Å²) in [5.74, 6) is 0.327. The molecule has 6 nitrogen and oxygen atoms in total. The van der Waals surface area contributed by atoms with Crippen LogP contribution in [0.3, 0.4) is 0 Å². The molecule has 1 atom stereocenters. The molecule has 1 aliphatic heterocycles. The molecule has 182 valence electrons. The summed E-state index contributed by atoms with van der Waals surface area (Å²) in [5.41, 5.74) is 7.47. The highest BCUT2D eigenvalue weighted by molar-refractivity contribution is 5.87. The monoisotopic (exact) mass is 482 g/mol. The fourth-order valence-electron chi connectivity index (χ4n) is 4.49. The maximum Gasteiger partial charge on any atom is 0.322 e. The van der Waals surface area contributed by atoms with Crippen molar-refractivity contribution in [3.05, 3.63) is 112 Å². The van der Waals surface area contributed by atoms with Crippen molar-refractivity contribution in [2.75, 3.05) is 0 Å². The summed E-state index contributed by atoms with van der Waals surface area (Å²) in [6.07, 6.45) is 0. The van der Waals surface area contributed by atoms with Crippen LogP contribution >= 0.6 is 0 Å². The van der Waals surface area contributed by atoms with Gasteiger partial charge < -0.3 is 9.84 Å². The van der Waals surface area contributed by atoms with Gasteiger partial charge >= 0.3 is 6.03 Å². The van der Waals surface area contributed by atoms with E-state index in [-0.39, 0.29) is 11.8 Å². The molecule has 1 unspecified atom stereocenters. The lowest BCUT2D eigenvalue weighted by Gasteiger charge is -2.35. The first-order chi connectivity index (χ1) is 17.3. The maximum absolute atomic E-state index is 13.4. The van der Waals surface area contributed by atoms with Crippen LogP contribution in [0.5, 0.6) is 0 Å². The zero-order valence-electron chi connectivity index (χ0n) is 20.7. The van der Waals surface area contributed by atoms with E-state index in [0.29, 0.717) is 23.8 Å². The number of amides is 2. The van der Waals surface area contributed by atoms with Gasteiger partial charge in [-0.1, -0.05) is 53.2 Å². The minimum atomic E-state index is -0.466. The molecular weight excluding hydrogens is 455 g/mol. The van der Waals surface area contributed by atoms with E-state index in [9.17, 15) is 9.18 Å². The van der Waals surface area contributed by atoms with Crippen LogP contribution in [-0.2, 0) is 6.54 Å². The zero-order chi connectivity index (χ0) is 25.4. The molecule has 0 fully saturated rings. The summed E-state index contributed by atoms with van der Waals surface area (Å²) in [6, 6.07) is 19.5. The quantitative estimate of drug-likeness (QED) is 0.353. The van der Waals surface area contributed by atoms with Crippen LogP contribution in [-0.4, -0.2) is 21.1 Å². The largest absolute Gasteiger partial charge is 0.334 e. The Morgan fingerprint density at radius 2 is 1.75 bits per heavy atom. The third kappa shape index (κ3) is 4.52. The molecule has 1 N–H and O–H groups in total. The molecule has 1 aromatic heterocycles. The highest BCUT2D eigenvalue weighted by atomic mass is 19.1. The molecule has 5 rings (SSSR count). The van der Waals surface area contributed by atoms with E-state index in [1.54, 1.807) is 17.0 Å². The second kappa shape index (κ2) is 9.41. The van der Waals surface area contributed by atoms with Crippen LogP contribution in [0, 0.1) is 26.6 Å². The molecule has 0 saturated carbocycles. The average molecular weight is 483 g/mol. The average Bonchev–Trinajstić information content (AvgIpc) is 3.33. The lowest BCUT2D eigenvalue weighted by atomic mass is 9.92. The second-order valence-electron chi connectivity index (χ2n) is 9.23. The Morgan fingerprint density at radius 1 is 0.972 bits per heavy atom. The number of rotatable bonds is 5. The second-order valence-corrected chi connectivity index (χ2v) is 9.23. The molecule has 0 bridgehead atoms. The highest BCUT2D eigenvalue weighted by Crippen LogP contribution is 2.38. The maximum atomic E-state index is 13.4. The van der Waals surface area contributed by atoms with Crippen LogP contribution < -0.4 is 5.32 Å². The number of nitrogens with zero attached hydrogens (tertiary/aromatic N) is 3. The first kappa shape index (κ1) is 23.5. The first-order valence-electron chi connectivity index (χ1n) is 11.8. The zero-order valence-corrected chi connectivity index (χ0v) is 20.7. The fraction of sp³-hybridized carbons (Fsp3) is 0.207. The van der Waals surface area contributed by atoms with E-state index in [4.69, 9.17) is 4.52 Å². The Balaban J connectivity index is 1.61. The minimum absolute atomic E-state index is 0.195. The Kier molecular flexibility index (Phi) is 6.14. The number of carbonyl (C=O) groups excluding carboxylic acids is 1. The fourth-order valence-corrected chi connectivity index (χ4v) is 4.49. The number of nitrogens with one attached hydrogen (secondary N) is 1. The Bertz CT molecular complexity index is 1470. The molecule has 0 saturated heterocycles. The smallest absolute Gasteiger partial charge is 0.322 e. The van der Waals surface area contributed by atoms with Crippen LogP contribution in [0.1, 0.15) is 46.7 Å². The summed E-state index contributed by atoms with van der Waals surface area (Å²) >= 11 is 0. The van der Waals surface area contributed by atoms with Crippen molar-refractivity contribution in [1.29, 1.82) is 0 Å². The van der Waals surface area contributed by atoms with Crippen LogP contribution in [0.4, 0.5) is 9.18 Å². The van der Waals surface area contributed by atoms with Gasteiger partial charge in [-0.05, 0) is 74.2 Å². The number of allylic oxidation sites excluding steroid dienone is 1. The van der Waals surface area contributed by atoms with Crippen molar-refractivity contribution in [2.45, 2.75) is 40.3 Å². The minimum Gasteiger partial charge on any atom is -0.334 e. The Hall–Kier alpha value is -4.26. The van der Waals surface area contributed by atoms with Crippen LogP contribution in [0.25, 0.3) is 17.0 Å². The number of halogens is 1. The van der Waals surface area contributed by atoms with Crippen molar-refractivity contribution in [1.82, 2.24) is 20.4 Å². The SMILES string of the molecule is CC1=C(c2nc(-c3ccc(F)cc3)no2)C(c2ccc(C)c(C)c2)NC(=O)N1Cc1cccc(C)c1. The number of urea groups is 1.